The Bertz CT molecular complexity index is 594. The predicted octanol–water partition coefficient (Wildman–Crippen LogP) is 4.31. The second kappa shape index (κ2) is 4.51. The highest BCUT2D eigenvalue weighted by atomic mass is 79.9. The number of benzene rings is 1. The first-order valence-corrected chi connectivity index (χ1v) is 6.18. The van der Waals surface area contributed by atoms with Crippen LogP contribution in [0.15, 0.2) is 22.8 Å². The average Bonchev–Trinajstić information content (AvgIpc) is 2.62. The molecule has 2 rings (SSSR count). The van der Waals surface area contributed by atoms with Crippen LogP contribution in [0.1, 0.15) is 5.56 Å². The third-order valence-corrected chi connectivity index (χ3v) is 3.67. The topological polar surface area (TPSA) is 38.9 Å². The quantitative estimate of drug-likeness (QED) is 0.785. The van der Waals surface area contributed by atoms with Crippen LogP contribution in [-0.2, 0) is 6.18 Å². The van der Waals surface area contributed by atoms with Crippen molar-refractivity contribution in [1.29, 1.82) is 0 Å². The van der Waals surface area contributed by atoms with Gasteiger partial charge in [0.05, 0.1) is 10.4 Å². The minimum absolute atomic E-state index is 0.167. The molecular weight excluding hydrogens is 336 g/mol. The largest absolute Gasteiger partial charge is 0.417 e. The summed E-state index contributed by atoms with van der Waals surface area (Å²) in [5, 5.41) is 0.167. The first-order valence-electron chi connectivity index (χ1n) is 4.57. The van der Waals surface area contributed by atoms with Gasteiger partial charge in [0.15, 0.2) is 5.13 Å². The van der Waals surface area contributed by atoms with Gasteiger partial charge in [-0.15, -0.1) is 0 Å². The zero-order valence-corrected chi connectivity index (χ0v) is 11.0. The fraction of sp³-hybridized carbons (Fsp3) is 0.100. The maximum atomic E-state index is 13.7. The Kier molecular flexibility index (Phi) is 3.33. The Labute approximate surface area is 112 Å². The van der Waals surface area contributed by atoms with Crippen molar-refractivity contribution in [2.24, 2.45) is 0 Å². The number of aromatic nitrogens is 1. The van der Waals surface area contributed by atoms with Gasteiger partial charge in [-0.25, -0.2) is 9.37 Å². The van der Waals surface area contributed by atoms with Crippen LogP contribution in [0.2, 0.25) is 0 Å². The van der Waals surface area contributed by atoms with Crippen molar-refractivity contribution in [2.75, 3.05) is 5.73 Å². The predicted molar refractivity (Wildman–Crippen MR) is 64.6 cm³/mol. The van der Waals surface area contributed by atoms with Crippen LogP contribution in [0.3, 0.4) is 0 Å². The molecule has 18 heavy (non-hydrogen) atoms. The van der Waals surface area contributed by atoms with Crippen molar-refractivity contribution in [2.45, 2.75) is 6.18 Å². The molecule has 0 atom stereocenters. The summed E-state index contributed by atoms with van der Waals surface area (Å²) in [6.07, 6.45) is -3.32. The highest BCUT2D eigenvalue weighted by Gasteiger charge is 2.34. The molecule has 0 bridgehead atoms. The monoisotopic (exact) mass is 340 g/mol. The second-order valence-corrected chi connectivity index (χ2v) is 5.29. The summed E-state index contributed by atoms with van der Waals surface area (Å²) in [7, 11) is 0. The molecule has 2 nitrogen and oxygen atoms in total. The highest BCUT2D eigenvalue weighted by molar-refractivity contribution is 9.10. The van der Waals surface area contributed by atoms with E-state index in [9.17, 15) is 17.6 Å². The van der Waals surface area contributed by atoms with Crippen LogP contribution >= 0.6 is 27.3 Å². The number of alkyl halides is 3. The first kappa shape index (κ1) is 13.3. The Morgan fingerprint density at radius 1 is 1.28 bits per heavy atom. The van der Waals surface area contributed by atoms with Crippen LogP contribution in [0.5, 0.6) is 0 Å². The fourth-order valence-electron chi connectivity index (χ4n) is 1.37. The van der Waals surface area contributed by atoms with Gasteiger partial charge in [0.1, 0.15) is 5.82 Å². The Hall–Kier alpha value is -1.15. The number of hydrogen-bond donors (Lipinski definition) is 1. The number of nitrogens with zero attached hydrogens (tertiary/aromatic N) is 1. The van der Waals surface area contributed by atoms with E-state index in [0.717, 1.165) is 23.5 Å². The van der Waals surface area contributed by atoms with Crippen molar-refractivity contribution in [3.63, 3.8) is 0 Å². The molecule has 96 valence electrons. The second-order valence-electron chi connectivity index (χ2n) is 3.37. The van der Waals surface area contributed by atoms with Gasteiger partial charge in [0.25, 0.3) is 0 Å². The zero-order valence-electron chi connectivity index (χ0n) is 8.55. The van der Waals surface area contributed by atoms with E-state index < -0.39 is 17.6 Å². The molecule has 0 fully saturated rings. The van der Waals surface area contributed by atoms with Gasteiger partial charge < -0.3 is 5.73 Å². The zero-order chi connectivity index (χ0) is 13.5. The van der Waals surface area contributed by atoms with E-state index in [4.69, 9.17) is 5.73 Å². The molecule has 0 aliphatic carbocycles. The lowest BCUT2D eigenvalue weighted by atomic mass is 10.1. The number of hydrogen-bond acceptors (Lipinski definition) is 3. The van der Waals surface area contributed by atoms with Gasteiger partial charge in [-0.2, -0.15) is 13.2 Å². The molecule has 2 aromatic rings. The van der Waals surface area contributed by atoms with Gasteiger partial charge >= 0.3 is 6.18 Å². The molecular formula is C10H5BrF4N2S. The Morgan fingerprint density at radius 2 is 1.94 bits per heavy atom. The Balaban J connectivity index is 2.62. The molecule has 0 saturated heterocycles. The van der Waals surface area contributed by atoms with Crippen LogP contribution < -0.4 is 5.73 Å². The molecule has 1 heterocycles. The molecule has 1 aromatic carbocycles. The molecule has 0 radical (unpaired) electrons. The van der Waals surface area contributed by atoms with Crippen LogP contribution in [0, 0.1) is 5.82 Å². The summed E-state index contributed by atoms with van der Waals surface area (Å²) in [6.45, 7) is 0. The molecule has 0 aliphatic heterocycles. The average molecular weight is 341 g/mol. The van der Waals surface area contributed by atoms with Gasteiger partial charge in [-0.1, -0.05) is 27.3 Å². The lowest BCUT2D eigenvalue weighted by Crippen LogP contribution is -2.06. The van der Waals surface area contributed by atoms with E-state index in [2.05, 4.69) is 20.9 Å². The Morgan fingerprint density at radius 3 is 2.44 bits per heavy atom. The summed E-state index contributed by atoms with van der Waals surface area (Å²) in [4.78, 5) is 3.94. The van der Waals surface area contributed by atoms with Gasteiger partial charge in [0, 0.05) is 16.2 Å². The number of nitrogen functional groups attached to an aromatic ring is 1. The first-order chi connectivity index (χ1) is 8.29. The molecule has 0 saturated carbocycles. The van der Waals surface area contributed by atoms with E-state index in [1.54, 1.807) is 0 Å². The fourth-order valence-corrected chi connectivity index (χ4v) is 2.61. The van der Waals surface area contributed by atoms with Crippen LogP contribution in [0.25, 0.3) is 10.4 Å². The van der Waals surface area contributed by atoms with Crippen LogP contribution in [-0.4, -0.2) is 4.98 Å². The number of anilines is 1. The molecule has 0 amide bonds. The molecule has 0 aliphatic rings. The molecule has 2 N–H and O–H groups in total. The van der Waals surface area contributed by atoms with Gasteiger partial charge in [0.2, 0.25) is 0 Å². The van der Waals surface area contributed by atoms with E-state index in [1.165, 1.54) is 6.20 Å². The summed E-state index contributed by atoms with van der Waals surface area (Å²) in [6, 6.07) is 1.53. The summed E-state index contributed by atoms with van der Waals surface area (Å²) in [5.74, 6) is -0.765. The van der Waals surface area contributed by atoms with E-state index in [-0.39, 0.29) is 20.0 Å². The standard InChI is InChI=1S/C10H5BrF4N2S/c11-6-2-7(12)4(1-5(6)10(13,14)15)8-3-17-9(16)18-8/h1-3H,(H2,16,17). The van der Waals surface area contributed by atoms with Crippen molar-refractivity contribution in [3.05, 3.63) is 34.2 Å². The van der Waals surface area contributed by atoms with E-state index in [0.29, 0.717) is 0 Å². The molecule has 8 heteroatoms. The SMILES string of the molecule is Nc1ncc(-c2cc(C(F)(F)F)c(Br)cc2F)s1. The van der Waals surface area contributed by atoms with Crippen molar-refractivity contribution in [3.8, 4) is 10.4 Å². The molecule has 0 unspecified atom stereocenters. The highest BCUT2D eigenvalue weighted by Crippen LogP contribution is 2.39. The number of rotatable bonds is 1. The van der Waals surface area contributed by atoms with Crippen molar-refractivity contribution < 1.29 is 17.6 Å². The third kappa shape index (κ3) is 2.49. The lowest BCUT2D eigenvalue weighted by molar-refractivity contribution is -0.138. The summed E-state index contributed by atoms with van der Waals surface area (Å²) < 4.78 is 51.4. The summed E-state index contributed by atoms with van der Waals surface area (Å²) >= 11 is 3.62. The van der Waals surface area contributed by atoms with Gasteiger partial charge in [-0.05, 0) is 12.1 Å². The van der Waals surface area contributed by atoms with E-state index >= 15 is 0 Å². The third-order valence-electron chi connectivity index (χ3n) is 2.15. The molecule has 0 spiro atoms. The smallest absolute Gasteiger partial charge is 0.375 e. The number of halogens is 5. The summed E-state index contributed by atoms with van der Waals surface area (Å²) in [5.41, 5.74) is 4.27. The number of nitrogens with two attached hydrogens (primary N) is 1. The normalized spacial score (nSPS) is 11.8. The van der Waals surface area contributed by atoms with Crippen LogP contribution in [0.4, 0.5) is 22.7 Å². The van der Waals surface area contributed by atoms with E-state index in [1.807, 2.05) is 0 Å². The lowest BCUT2D eigenvalue weighted by Gasteiger charge is -2.11. The van der Waals surface area contributed by atoms with Gasteiger partial charge in [-0.3, -0.25) is 0 Å². The van der Waals surface area contributed by atoms with Crippen molar-refractivity contribution in [1.82, 2.24) is 4.98 Å². The maximum absolute atomic E-state index is 13.7. The minimum atomic E-state index is -4.56. The maximum Gasteiger partial charge on any atom is 0.417 e. The minimum Gasteiger partial charge on any atom is -0.375 e. The van der Waals surface area contributed by atoms with Crippen molar-refractivity contribution >= 4 is 32.4 Å². The number of thiazole rings is 1. The molecule has 1 aromatic heterocycles.